The monoisotopic (exact) mass is 480 g/mol. The third-order valence-corrected chi connectivity index (χ3v) is 6.80. The molecule has 1 saturated heterocycles. The van der Waals surface area contributed by atoms with Crippen molar-refractivity contribution in [3.05, 3.63) is 100 Å². The number of benzene rings is 3. The molecular formula is C28H30ClFN2O2. The molecule has 4 rings (SSSR count). The molecule has 0 aliphatic carbocycles. The Labute approximate surface area is 205 Å². The molecule has 0 spiro atoms. The summed E-state index contributed by atoms with van der Waals surface area (Å²) < 4.78 is 13.9. The number of nitrogens with zero attached hydrogens (tertiary/aromatic N) is 1. The van der Waals surface area contributed by atoms with Gasteiger partial charge in [-0.1, -0.05) is 54.1 Å². The minimum Gasteiger partial charge on any atom is -0.385 e. The van der Waals surface area contributed by atoms with Gasteiger partial charge in [-0.15, -0.1) is 0 Å². The fraction of sp³-hybridized carbons (Fsp3) is 0.321. The predicted octanol–water partition coefficient (Wildman–Crippen LogP) is 6.04. The van der Waals surface area contributed by atoms with Crippen molar-refractivity contribution >= 4 is 23.1 Å². The van der Waals surface area contributed by atoms with Crippen molar-refractivity contribution < 1.29 is 14.3 Å². The smallest absolute Gasteiger partial charge is 0.165 e. The minimum absolute atomic E-state index is 0.00485. The standard InChI is InChI=1S/C28H30ClFN2O2/c29-23-10-8-22(9-11-23)28(34)14-17-32(18-15-28)16-4-7-27(33)25-13-12-24(30)19-26(25)31-20-21-5-2-1-3-6-21/h1-3,5-6,8-13,19,31,34H,4,7,14-18,20H2. The Kier molecular flexibility index (Phi) is 7.99. The first-order chi connectivity index (χ1) is 16.4. The Morgan fingerprint density at radius 2 is 1.74 bits per heavy atom. The highest BCUT2D eigenvalue weighted by Crippen LogP contribution is 2.33. The summed E-state index contributed by atoms with van der Waals surface area (Å²) >= 11 is 5.97. The van der Waals surface area contributed by atoms with Gasteiger partial charge in [0, 0.05) is 42.3 Å². The van der Waals surface area contributed by atoms with Gasteiger partial charge in [-0.25, -0.2) is 4.39 Å². The van der Waals surface area contributed by atoms with Gasteiger partial charge in [-0.3, -0.25) is 4.79 Å². The lowest BCUT2D eigenvalue weighted by atomic mass is 9.84. The molecule has 1 aliphatic heterocycles. The first-order valence-electron chi connectivity index (χ1n) is 11.7. The van der Waals surface area contributed by atoms with E-state index < -0.39 is 5.60 Å². The Bertz CT molecular complexity index is 1100. The first-order valence-corrected chi connectivity index (χ1v) is 12.1. The van der Waals surface area contributed by atoms with E-state index in [1.165, 1.54) is 12.1 Å². The van der Waals surface area contributed by atoms with E-state index in [0.29, 0.717) is 48.5 Å². The van der Waals surface area contributed by atoms with Gasteiger partial charge in [0.05, 0.1) is 5.60 Å². The number of halogens is 2. The predicted molar refractivity (Wildman–Crippen MR) is 135 cm³/mol. The molecule has 0 bridgehead atoms. The van der Waals surface area contributed by atoms with E-state index in [1.54, 1.807) is 6.07 Å². The Morgan fingerprint density at radius 3 is 2.44 bits per heavy atom. The van der Waals surface area contributed by atoms with Gasteiger partial charge in [0.1, 0.15) is 5.82 Å². The molecule has 178 valence electrons. The first kappa shape index (κ1) is 24.4. The largest absolute Gasteiger partial charge is 0.385 e. The number of aliphatic hydroxyl groups is 1. The molecule has 0 aromatic heterocycles. The van der Waals surface area contributed by atoms with Gasteiger partial charge in [0.2, 0.25) is 0 Å². The van der Waals surface area contributed by atoms with Crippen LogP contribution in [0.5, 0.6) is 0 Å². The number of carbonyl (C=O) groups excluding carboxylic acids is 1. The summed E-state index contributed by atoms with van der Waals surface area (Å²) in [5.74, 6) is -0.362. The summed E-state index contributed by atoms with van der Waals surface area (Å²) in [6.45, 7) is 2.85. The zero-order valence-electron chi connectivity index (χ0n) is 19.1. The molecular weight excluding hydrogens is 451 g/mol. The van der Waals surface area contributed by atoms with E-state index in [1.807, 2.05) is 54.6 Å². The summed E-state index contributed by atoms with van der Waals surface area (Å²) in [4.78, 5) is 15.2. The lowest BCUT2D eigenvalue weighted by Crippen LogP contribution is -2.42. The highest BCUT2D eigenvalue weighted by Gasteiger charge is 2.33. The Balaban J connectivity index is 1.28. The molecule has 6 heteroatoms. The normalized spacial score (nSPS) is 15.7. The third-order valence-electron chi connectivity index (χ3n) is 6.55. The van der Waals surface area contributed by atoms with Gasteiger partial charge >= 0.3 is 0 Å². The minimum atomic E-state index is -0.829. The molecule has 2 N–H and O–H groups in total. The number of nitrogens with one attached hydrogen (secondary N) is 1. The molecule has 0 saturated carbocycles. The summed E-state index contributed by atoms with van der Waals surface area (Å²) in [6.07, 6.45) is 2.40. The molecule has 0 amide bonds. The maximum absolute atomic E-state index is 13.9. The number of piperidine rings is 1. The second kappa shape index (κ2) is 11.1. The Hall–Kier alpha value is -2.73. The average molecular weight is 481 g/mol. The summed E-state index contributed by atoms with van der Waals surface area (Å²) in [5, 5.41) is 14.9. The highest BCUT2D eigenvalue weighted by molar-refractivity contribution is 6.30. The number of carbonyl (C=O) groups is 1. The highest BCUT2D eigenvalue weighted by atomic mass is 35.5. The fourth-order valence-electron chi connectivity index (χ4n) is 4.49. The number of hydrogen-bond acceptors (Lipinski definition) is 4. The lowest BCUT2D eigenvalue weighted by molar-refractivity contribution is -0.0260. The molecule has 0 radical (unpaired) electrons. The van der Waals surface area contributed by atoms with Gasteiger partial charge in [0.15, 0.2) is 5.78 Å². The molecule has 1 fully saturated rings. The van der Waals surface area contributed by atoms with Crippen molar-refractivity contribution in [2.45, 2.75) is 37.8 Å². The number of hydrogen-bond donors (Lipinski definition) is 2. The van der Waals surface area contributed by atoms with Crippen LogP contribution >= 0.6 is 11.6 Å². The Morgan fingerprint density at radius 1 is 1.03 bits per heavy atom. The van der Waals surface area contributed by atoms with Crippen LogP contribution in [0, 0.1) is 5.82 Å². The summed E-state index contributed by atoms with van der Waals surface area (Å²) in [7, 11) is 0. The fourth-order valence-corrected chi connectivity index (χ4v) is 4.62. The maximum atomic E-state index is 13.9. The molecule has 3 aromatic carbocycles. The van der Waals surface area contributed by atoms with Crippen LogP contribution in [-0.2, 0) is 12.1 Å². The van der Waals surface area contributed by atoms with E-state index in [0.717, 1.165) is 30.8 Å². The van der Waals surface area contributed by atoms with Crippen molar-refractivity contribution in [1.29, 1.82) is 0 Å². The molecule has 0 atom stereocenters. The number of Topliss-reactive ketones (excluding diaryl/α,β-unsaturated/α-hetero) is 1. The van der Waals surface area contributed by atoms with Crippen LogP contribution in [0.25, 0.3) is 0 Å². The van der Waals surface area contributed by atoms with Crippen molar-refractivity contribution in [3.8, 4) is 0 Å². The average Bonchev–Trinajstić information content (AvgIpc) is 2.85. The van der Waals surface area contributed by atoms with Crippen LogP contribution < -0.4 is 5.32 Å². The summed E-state index contributed by atoms with van der Waals surface area (Å²) in [5.41, 5.74) is 2.19. The number of ketones is 1. The van der Waals surface area contributed by atoms with Gasteiger partial charge in [-0.05, 0) is 67.3 Å². The zero-order valence-corrected chi connectivity index (χ0v) is 19.9. The number of anilines is 1. The van der Waals surface area contributed by atoms with Crippen LogP contribution in [0.3, 0.4) is 0 Å². The van der Waals surface area contributed by atoms with Crippen molar-refractivity contribution in [1.82, 2.24) is 4.90 Å². The van der Waals surface area contributed by atoms with E-state index in [-0.39, 0.29) is 11.6 Å². The molecule has 3 aromatic rings. The van der Waals surface area contributed by atoms with E-state index in [4.69, 9.17) is 11.6 Å². The van der Waals surface area contributed by atoms with Crippen molar-refractivity contribution in [2.75, 3.05) is 25.0 Å². The van der Waals surface area contributed by atoms with Crippen LogP contribution in [0.2, 0.25) is 5.02 Å². The van der Waals surface area contributed by atoms with Gasteiger partial charge in [0.25, 0.3) is 0 Å². The van der Waals surface area contributed by atoms with Crippen molar-refractivity contribution in [3.63, 3.8) is 0 Å². The molecule has 1 heterocycles. The lowest BCUT2D eigenvalue weighted by Gasteiger charge is -2.38. The maximum Gasteiger partial charge on any atom is 0.165 e. The van der Waals surface area contributed by atoms with E-state index >= 15 is 0 Å². The van der Waals surface area contributed by atoms with E-state index in [2.05, 4.69) is 10.2 Å². The molecule has 34 heavy (non-hydrogen) atoms. The van der Waals surface area contributed by atoms with Crippen LogP contribution in [0.1, 0.15) is 47.2 Å². The van der Waals surface area contributed by atoms with E-state index in [9.17, 15) is 14.3 Å². The van der Waals surface area contributed by atoms with Crippen LogP contribution in [-0.4, -0.2) is 35.4 Å². The molecule has 4 nitrogen and oxygen atoms in total. The SMILES string of the molecule is O=C(CCCN1CCC(O)(c2ccc(Cl)cc2)CC1)c1ccc(F)cc1NCc1ccccc1. The number of likely N-dealkylation sites (tertiary alicyclic amines) is 1. The summed E-state index contributed by atoms with van der Waals surface area (Å²) in [6, 6.07) is 21.5. The number of rotatable bonds is 9. The third kappa shape index (κ3) is 6.23. The second-order valence-corrected chi connectivity index (χ2v) is 9.37. The molecule has 1 aliphatic rings. The topological polar surface area (TPSA) is 52.6 Å². The van der Waals surface area contributed by atoms with Gasteiger partial charge in [-0.2, -0.15) is 0 Å². The second-order valence-electron chi connectivity index (χ2n) is 8.94. The van der Waals surface area contributed by atoms with Crippen LogP contribution in [0.15, 0.2) is 72.8 Å². The van der Waals surface area contributed by atoms with Gasteiger partial charge < -0.3 is 15.3 Å². The van der Waals surface area contributed by atoms with Crippen LogP contribution in [0.4, 0.5) is 10.1 Å². The van der Waals surface area contributed by atoms with Crippen molar-refractivity contribution in [2.24, 2.45) is 0 Å². The zero-order chi connectivity index (χ0) is 24.0. The quantitative estimate of drug-likeness (QED) is 0.367. The molecule has 0 unspecified atom stereocenters.